The van der Waals surface area contributed by atoms with E-state index in [1.54, 1.807) is 6.92 Å². The third-order valence-electron chi connectivity index (χ3n) is 3.51. The molecule has 0 bridgehead atoms. The number of Topliss-reactive ketones (excluding diaryl/α,β-unsaturated/α-hetero) is 1. The van der Waals surface area contributed by atoms with Gasteiger partial charge in [-0.15, -0.1) is 0 Å². The van der Waals surface area contributed by atoms with Crippen LogP contribution in [0.1, 0.15) is 53.7 Å². The van der Waals surface area contributed by atoms with Crippen LogP contribution in [0.5, 0.6) is 0 Å². The van der Waals surface area contributed by atoms with E-state index in [1.807, 2.05) is 0 Å². The van der Waals surface area contributed by atoms with Gasteiger partial charge in [-0.1, -0.05) is 13.8 Å². The molecule has 1 aliphatic rings. The van der Waals surface area contributed by atoms with Gasteiger partial charge >= 0.3 is 5.97 Å². The summed E-state index contributed by atoms with van der Waals surface area (Å²) in [5, 5.41) is 0. The first kappa shape index (κ1) is 12.9. The number of ether oxygens (including phenoxy) is 1. The topological polar surface area (TPSA) is 56.5 Å². The highest BCUT2D eigenvalue weighted by atomic mass is 16.5. The summed E-state index contributed by atoms with van der Waals surface area (Å²) in [5.41, 5.74) is 1.28. The first-order valence-electron chi connectivity index (χ1n) is 6.35. The molecule has 1 aromatic heterocycles. The summed E-state index contributed by atoms with van der Waals surface area (Å²) in [7, 11) is 0. The largest absolute Gasteiger partial charge is 0.460 e. The van der Waals surface area contributed by atoms with Crippen LogP contribution in [-0.2, 0) is 11.2 Å². The molecule has 0 N–H and O–H groups in total. The van der Waals surface area contributed by atoms with Crippen molar-refractivity contribution in [3.8, 4) is 0 Å². The van der Waals surface area contributed by atoms with Crippen LogP contribution in [0.3, 0.4) is 0 Å². The maximum Gasteiger partial charge on any atom is 0.374 e. The molecule has 98 valence electrons. The molecule has 1 aromatic rings. The number of carbonyl (C=O) groups excluding carboxylic acids is 2. The molecule has 0 saturated heterocycles. The van der Waals surface area contributed by atoms with Crippen molar-refractivity contribution in [3.05, 3.63) is 23.2 Å². The van der Waals surface area contributed by atoms with Crippen LogP contribution in [0, 0.1) is 11.8 Å². The number of carbonyl (C=O) groups is 2. The summed E-state index contributed by atoms with van der Waals surface area (Å²) in [4.78, 5) is 23.7. The van der Waals surface area contributed by atoms with Crippen molar-refractivity contribution in [2.24, 2.45) is 11.8 Å². The average Bonchev–Trinajstić information content (AvgIpc) is 2.73. The maximum atomic E-state index is 12.0. The van der Waals surface area contributed by atoms with Crippen molar-refractivity contribution in [1.29, 1.82) is 0 Å². The zero-order chi connectivity index (χ0) is 13.3. The summed E-state index contributed by atoms with van der Waals surface area (Å²) in [6.07, 6.45) is 2.64. The van der Waals surface area contributed by atoms with E-state index in [1.165, 1.54) is 6.26 Å². The molecule has 0 aromatic carbocycles. The van der Waals surface area contributed by atoms with Gasteiger partial charge in [-0.2, -0.15) is 0 Å². The third kappa shape index (κ3) is 2.19. The van der Waals surface area contributed by atoms with Crippen molar-refractivity contribution in [3.63, 3.8) is 0 Å². The fourth-order valence-electron chi connectivity index (χ4n) is 2.34. The normalized spacial score (nSPS) is 18.9. The number of hydrogen-bond acceptors (Lipinski definition) is 4. The average molecular weight is 250 g/mol. The van der Waals surface area contributed by atoms with E-state index in [2.05, 4.69) is 13.8 Å². The van der Waals surface area contributed by atoms with E-state index in [-0.39, 0.29) is 17.5 Å². The number of fused-ring (bicyclic) bond motifs is 1. The Bertz CT molecular complexity index is 470. The summed E-state index contributed by atoms with van der Waals surface area (Å²) < 4.78 is 10.2. The first-order valence-corrected chi connectivity index (χ1v) is 6.35. The van der Waals surface area contributed by atoms with Gasteiger partial charge in [-0.3, -0.25) is 4.79 Å². The van der Waals surface area contributed by atoms with Crippen molar-refractivity contribution in [1.82, 2.24) is 0 Å². The number of rotatable bonds is 3. The highest BCUT2D eigenvalue weighted by molar-refractivity contribution is 6.01. The summed E-state index contributed by atoms with van der Waals surface area (Å²) in [6, 6.07) is 0. The zero-order valence-electron chi connectivity index (χ0n) is 11.0. The minimum atomic E-state index is -0.476. The van der Waals surface area contributed by atoms with Crippen LogP contribution in [0.4, 0.5) is 0 Å². The summed E-state index contributed by atoms with van der Waals surface area (Å²) in [5.74, 6) is 0.471. The van der Waals surface area contributed by atoms with Gasteiger partial charge in [0.05, 0.1) is 12.2 Å². The fourth-order valence-corrected chi connectivity index (χ4v) is 2.34. The lowest BCUT2D eigenvalue weighted by molar-refractivity contribution is 0.0487. The number of furan rings is 1. The van der Waals surface area contributed by atoms with Crippen LogP contribution in [0.15, 0.2) is 10.7 Å². The second-order valence-corrected chi connectivity index (χ2v) is 5.01. The van der Waals surface area contributed by atoms with Crippen molar-refractivity contribution >= 4 is 11.8 Å². The Labute approximate surface area is 106 Å². The third-order valence-corrected chi connectivity index (χ3v) is 3.51. The molecule has 18 heavy (non-hydrogen) atoms. The van der Waals surface area contributed by atoms with E-state index in [4.69, 9.17) is 9.15 Å². The smallest absolute Gasteiger partial charge is 0.374 e. The minimum Gasteiger partial charge on any atom is -0.460 e. The van der Waals surface area contributed by atoms with Crippen molar-refractivity contribution in [2.75, 3.05) is 6.61 Å². The Hall–Kier alpha value is -1.58. The molecule has 1 atom stereocenters. The molecule has 0 aliphatic heterocycles. The SMILES string of the molecule is CCOC(=O)c1occ2c1CC(C(C)C)CC2=O. The van der Waals surface area contributed by atoms with E-state index in [0.717, 1.165) is 5.56 Å². The molecule has 1 aliphatic carbocycles. The van der Waals surface area contributed by atoms with Crippen LogP contribution in [0.2, 0.25) is 0 Å². The van der Waals surface area contributed by atoms with E-state index in [0.29, 0.717) is 30.9 Å². The minimum absolute atomic E-state index is 0.0641. The van der Waals surface area contributed by atoms with Crippen LogP contribution >= 0.6 is 0 Å². The lowest BCUT2D eigenvalue weighted by Gasteiger charge is -2.24. The monoisotopic (exact) mass is 250 g/mol. The lowest BCUT2D eigenvalue weighted by atomic mass is 9.78. The molecular weight excluding hydrogens is 232 g/mol. The van der Waals surface area contributed by atoms with Gasteiger partial charge in [0.15, 0.2) is 5.78 Å². The zero-order valence-corrected chi connectivity index (χ0v) is 11.0. The second-order valence-electron chi connectivity index (χ2n) is 5.01. The summed E-state index contributed by atoms with van der Waals surface area (Å²) in [6.45, 7) is 6.23. The van der Waals surface area contributed by atoms with Gasteiger partial charge < -0.3 is 9.15 Å². The predicted octanol–water partition coefficient (Wildman–Crippen LogP) is 2.86. The quantitative estimate of drug-likeness (QED) is 0.774. The standard InChI is InChI=1S/C14H18O4/c1-4-17-14(16)13-10-5-9(8(2)3)6-12(15)11(10)7-18-13/h7-9H,4-6H2,1-3H3. The van der Waals surface area contributed by atoms with Crippen LogP contribution in [0.25, 0.3) is 0 Å². The van der Waals surface area contributed by atoms with Crippen molar-refractivity contribution in [2.45, 2.75) is 33.6 Å². The Morgan fingerprint density at radius 3 is 2.83 bits per heavy atom. The molecule has 1 unspecified atom stereocenters. The predicted molar refractivity (Wildman–Crippen MR) is 65.6 cm³/mol. The molecule has 0 amide bonds. The molecule has 0 spiro atoms. The van der Waals surface area contributed by atoms with Gasteiger partial charge in [0.1, 0.15) is 6.26 Å². The fraction of sp³-hybridized carbons (Fsp3) is 0.571. The molecule has 4 nitrogen and oxygen atoms in total. The van der Waals surface area contributed by atoms with Crippen LogP contribution in [-0.4, -0.2) is 18.4 Å². The van der Waals surface area contributed by atoms with E-state index in [9.17, 15) is 9.59 Å². The van der Waals surface area contributed by atoms with Gasteiger partial charge in [-0.25, -0.2) is 4.79 Å². The number of esters is 1. The molecule has 2 rings (SSSR count). The van der Waals surface area contributed by atoms with Gasteiger partial charge in [-0.05, 0) is 25.2 Å². The molecule has 0 saturated carbocycles. The second kappa shape index (κ2) is 4.96. The Morgan fingerprint density at radius 1 is 1.50 bits per heavy atom. The molecular formula is C14H18O4. The molecule has 4 heteroatoms. The Balaban J connectivity index is 2.33. The molecule has 1 heterocycles. The highest BCUT2D eigenvalue weighted by Gasteiger charge is 2.33. The first-order chi connectivity index (χ1) is 8.54. The van der Waals surface area contributed by atoms with Gasteiger partial charge in [0.2, 0.25) is 5.76 Å². The van der Waals surface area contributed by atoms with Gasteiger partial charge in [0, 0.05) is 12.0 Å². The maximum absolute atomic E-state index is 12.0. The molecule has 0 fully saturated rings. The van der Waals surface area contributed by atoms with E-state index >= 15 is 0 Å². The lowest BCUT2D eigenvalue weighted by Crippen LogP contribution is -2.24. The summed E-state index contributed by atoms with van der Waals surface area (Å²) >= 11 is 0. The number of ketones is 1. The van der Waals surface area contributed by atoms with Gasteiger partial charge in [0.25, 0.3) is 0 Å². The van der Waals surface area contributed by atoms with Crippen LogP contribution < -0.4 is 0 Å². The van der Waals surface area contributed by atoms with Crippen molar-refractivity contribution < 1.29 is 18.7 Å². The van der Waals surface area contributed by atoms with E-state index < -0.39 is 5.97 Å². The molecule has 0 radical (unpaired) electrons. The highest BCUT2D eigenvalue weighted by Crippen LogP contribution is 2.33. The number of hydrogen-bond donors (Lipinski definition) is 0. The Kier molecular flexibility index (Phi) is 3.55. The Morgan fingerprint density at radius 2 is 2.22 bits per heavy atom.